The molecule has 0 fully saturated rings. The van der Waals surface area contributed by atoms with E-state index in [1.807, 2.05) is 30.5 Å². The molecule has 0 bridgehead atoms. The summed E-state index contributed by atoms with van der Waals surface area (Å²) in [5.41, 5.74) is 2.55. The van der Waals surface area contributed by atoms with Gasteiger partial charge in [0, 0.05) is 9.57 Å². The van der Waals surface area contributed by atoms with Crippen molar-refractivity contribution in [3.63, 3.8) is 0 Å². The predicted octanol–water partition coefficient (Wildman–Crippen LogP) is 3.66. The Morgan fingerprint density at radius 1 is 1.29 bits per heavy atom. The van der Waals surface area contributed by atoms with Gasteiger partial charge in [-0.2, -0.15) is 0 Å². The van der Waals surface area contributed by atoms with E-state index in [4.69, 9.17) is 4.74 Å². The van der Waals surface area contributed by atoms with Gasteiger partial charge in [-0.1, -0.05) is 23.9 Å². The zero-order valence-corrected chi connectivity index (χ0v) is 18.8. The summed E-state index contributed by atoms with van der Waals surface area (Å²) in [4.78, 5) is 15.7. The standard InChI is InChI=1S/C18H14Br2N4O3S/c1-27-11-7-9(12(19)13(20)15(11)25)16-21-10-6-4-3-5-8(10)14-17(26)22-18(28-2)23-24(14)16/h3-7,16H,1-2H3,(H2,22,23,25,26)/p+1/t16-/m1/s1. The summed E-state index contributed by atoms with van der Waals surface area (Å²) in [6.45, 7) is 0. The molecule has 1 aliphatic heterocycles. The molecule has 3 aromatic rings. The zero-order valence-electron chi connectivity index (χ0n) is 14.8. The van der Waals surface area contributed by atoms with Gasteiger partial charge in [0.25, 0.3) is 6.17 Å². The average Bonchev–Trinajstić information content (AvgIpc) is 2.71. The van der Waals surface area contributed by atoms with E-state index >= 15 is 0 Å². The molecule has 10 heteroatoms. The monoisotopic (exact) mass is 525 g/mol. The van der Waals surface area contributed by atoms with E-state index in [9.17, 15) is 9.90 Å². The van der Waals surface area contributed by atoms with Crippen LogP contribution in [0.3, 0.4) is 0 Å². The van der Waals surface area contributed by atoms with Crippen molar-refractivity contribution in [1.29, 1.82) is 0 Å². The number of anilines is 1. The lowest BCUT2D eigenvalue weighted by molar-refractivity contribution is -0.759. The number of hydrogen-bond donors (Lipinski definition) is 3. The van der Waals surface area contributed by atoms with Crippen LogP contribution in [0.4, 0.5) is 5.69 Å². The molecule has 0 saturated heterocycles. The van der Waals surface area contributed by atoms with Gasteiger partial charge >= 0.3 is 11.3 Å². The Kier molecular flexibility index (Phi) is 5.11. The molecule has 2 heterocycles. The molecule has 4 rings (SSSR count). The van der Waals surface area contributed by atoms with Gasteiger partial charge < -0.3 is 15.2 Å². The van der Waals surface area contributed by atoms with Gasteiger partial charge in [-0.3, -0.25) is 9.78 Å². The van der Waals surface area contributed by atoms with Gasteiger partial charge in [0.15, 0.2) is 11.5 Å². The van der Waals surface area contributed by atoms with Gasteiger partial charge in [-0.15, -0.1) is 0 Å². The molecule has 2 aromatic carbocycles. The second kappa shape index (κ2) is 7.41. The average molecular weight is 527 g/mol. The molecule has 144 valence electrons. The Labute approximate surface area is 181 Å². The third-order valence-electron chi connectivity index (χ3n) is 4.46. The highest BCUT2D eigenvalue weighted by molar-refractivity contribution is 9.13. The van der Waals surface area contributed by atoms with Crippen molar-refractivity contribution in [2.75, 3.05) is 18.7 Å². The number of thioether (sulfide) groups is 1. The Bertz CT molecular complexity index is 1150. The molecule has 28 heavy (non-hydrogen) atoms. The minimum Gasteiger partial charge on any atom is -0.503 e. The van der Waals surface area contributed by atoms with Crippen molar-refractivity contribution in [3.05, 3.63) is 55.2 Å². The largest absolute Gasteiger partial charge is 0.503 e. The molecular formula is C18H15Br2N4O3S+. The number of rotatable bonds is 3. The topological polar surface area (TPSA) is 91.1 Å². The summed E-state index contributed by atoms with van der Waals surface area (Å²) in [5.74, 6) is 0.297. The maximum absolute atomic E-state index is 12.9. The SMILES string of the molecule is COc1cc([C@@H]2Nc3ccccc3-c3c(=O)[nH]c(SC)n[n+]32)c(Br)c(Br)c1O. The van der Waals surface area contributed by atoms with Crippen LogP contribution in [0, 0.1) is 0 Å². The molecule has 1 atom stereocenters. The first-order valence-electron chi connectivity index (χ1n) is 8.17. The number of ether oxygens (including phenoxy) is 1. The first-order valence-corrected chi connectivity index (χ1v) is 11.0. The minimum atomic E-state index is -0.502. The van der Waals surface area contributed by atoms with Gasteiger partial charge in [-0.05, 0) is 61.0 Å². The number of nitrogens with one attached hydrogen (secondary N) is 2. The number of halogens is 2. The smallest absolute Gasteiger partial charge is 0.325 e. The van der Waals surface area contributed by atoms with E-state index in [1.165, 1.54) is 18.9 Å². The highest BCUT2D eigenvalue weighted by Gasteiger charge is 2.39. The van der Waals surface area contributed by atoms with Gasteiger partial charge in [0.05, 0.1) is 28.4 Å². The first-order chi connectivity index (χ1) is 13.5. The molecule has 0 amide bonds. The number of phenols is 1. The van der Waals surface area contributed by atoms with Gasteiger partial charge in [0.2, 0.25) is 5.16 Å². The molecule has 0 spiro atoms. The molecule has 0 aliphatic carbocycles. The minimum absolute atomic E-state index is 0.0109. The van der Waals surface area contributed by atoms with Crippen LogP contribution in [0.5, 0.6) is 11.5 Å². The summed E-state index contributed by atoms with van der Waals surface area (Å²) in [6.07, 6.45) is 1.35. The number of H-pyrrole nitrogens is 1. The lowest BCUT2D eigenvalue weighted by Crippen LogP contribution is -2.55. The van der Waals surface area contributed by atoms with Crippen molar-refractivity contribution in [3.8, 4) is 22.8 Å². The maximum atomic E-state index is 12.9. The normalized spacial score (nSPS) is 14.8. The number of phenolic OH excluding ortho intramolecular Hbond substituents is 1. The van der Waals surface area contributed by atoms with E-state index in [0.29, 0.717) is 25.5 Å². The van der Waals surface area contributed by atoms with E-state index in [-0.39, 0.29) is 11.3 Å². The second-order valence-electron chi connectivity index (χ2n) is 5.99. The molecule has 3 N–H and O–H groups in total. The zero-order chi connectivity index (χ0) is 20.0. The summed E-state index contributed by atoms with van der Waals surface area (Å²) >= 11 is 8.29. The Morgan fingerprint density at radius 2 is 2.04 bits per heavy atom. The quantitative estimate of drug-likeness (QED) is 0.356. The predicted molar refractivity (Wildman–Crippen MR) is 114 cm³/mol. The second-order valence-corrected chi connectivity index (χ2v) is 8.37. The van der Waals surface area contributed by atoms with Crippen molar-refractivity contribution < 1.29 is 14.5 Å². The number of para-hydroxylation sites is 1. The molecule has 0 radical (unpaired) electrons. The van der Waals surface area contributed by atoms with Crippen LogP contribution in [0.25, 0.3) is 11.3 Å². The Balaban J connectivity index is 2.03. The van der Waals surface area contributed by atoms with Crippen molar-refractivity contribution in [2.45, 2.75) is 11.3 Å². The number of methoxy groups -OCH3 is 1. The van der Waals surface area contributed by atoms with Crippen molar-refractivity contribution in [1.82, 2.24) is 10.1 Å². The fourth-order valence-corrected chi connectivity index (χ4v) is 4.47. The van der Waals surface area contributed by atoms with Gasteiger partial charge in [-0.25, -0.2) is 0 Å². The Morgan fingerprint density at radius 3 is 2.75 bits per heavy atom. The van der Waals surface area contributed by atoms with Crippen LogP contribution in [0.1, 0.15) is 11.7 Å². The van der Waals surface area contributed by atoms with Crippen LogP contribution in [0.15, 0.2) is 49.2 Å². The Hall–Kier alpha value is -2.04. The number of nitrogens with zero attached hydrogens (tertiary/aromatic N) is 2. The third kappa shape index (κ3) is 2.99. The molecule has 7 nitrogen and oxygen atoms in total. The molecule has 0 unspecified atom stereocenters. The number of aromatic hydroxyl groups is 1. The van der Waals surface area contributed by atoms with E-state index < -0.39 is 6.17 Å². The van der Waals surface area contributed by atoms with E-state index in [1.54, 1.807) is 10.7 Å². The van der Waals surface area contributed by atoms with Crippen LogP contribution >= 0.6 is 43.6 Å². The summed E-state index contributed by atoms with van der Waals surface area (Å²) in [5, 5.41) is 18.8. The van der Waals surface area contributed by atoms with E-state index in [0.717, 1.165) is 16.8 Å². The highest BCUT2D eigenvalue weighted by atomic mass is 79.9. The van der Waals surface area contributed by atoms with Gasteiger partial charge in [0.1, 0.15) is 0 Å². The summed E-state index contributed by atoms with van der Waals surface area (Å²) in [7, 11) is 1.48. The van der Waals surface area contributed by atoms with Crippen LogP contribution in [-0.2, 0) is 0 Å². The number of aromatic amines is 1. The molecular weight excluding hydrogens is 512 g/mol. The molecule has 1 aromatic heterocycles. The van der Waals surface area contributed by atoms with Crippen LogP contribution < -0.4 is 20.3 Å². The van der Waals surface area contributed by atoms with E-state index in [2.05, 4.69) is 47.3 Å². The highest BCUT2D eigenvalue weighted by Crippen LogP contribution is 2.44. The number of hydrogen-bond acceptors (Lipinski definition) is 6. The lowest BCUT2D eigenvalue weighted by Gasteiger charge is -2.23. The lowest BCUT2D eigenvalue weighted by atomic mass is 10.0. The molecule has 1 aliphatic rings. The summed E-state index contributed by atoms with van der Waals surface area (Å²) in [6, 6.07) is 9.28. The fraction of sp³-hybridized carbons (Fsp3) is 0.167. The summed E-state index contributed by atoms with van der Waals surface area (Å²) < 4.78 is 8.06. The fourth-order valence-electron chi connectivity index (χ4n) is 3.16. The number of aromatic nitrogens is 3. The third-order valence-corrected chi connectivity index (χ3v) is 7.19. The van der Waals surface area contributed by atoms with Crippen LogP contribution in [0.2, 0.25) is 0 Å². The number of benzene rings is 2. The maximum Gasteiger partial charge on any atom is 0.325 e. The molecule has 0 saturated carbocycles. The van der Waals surface area contributed by atoms with Crippen molar-refractivity contribution >= 4 is 49.3 Å². The number of fused-ring (bicyclic) bond motifs is 3. The van der Waals surface area contributed by atoms with Crippen molar-refractivity contribution in [2.24, 2.45) is 0 Å². The first kappa shape index (κ1) is 19.3. The van der Waals surface area contributed by atoms with Crippen LogP contribution in [-0.4, -0.2) is 28.6 Å².